The number of nitrogen functional groups attached to an aromatic ring is 1. The number of hydrogen-bond acceptors (Lipinski definition) is 4. The van der Waals surface area contributed by atoms with E-state index in [9.17, 15) is 4.79 Å². The van der Waals surface area contributed by atoms with Crippen molar-refractivity contribution >= 4 is 28.1 Å². The third-order valence-electron chi connectivity index (χ3n) is 4.42. The number of anilines is 2. The quantitative estimate of drug-likeness (QED) is 0.825. The third-order valence-corrected chi connectivity index (χ3v) is 4.42. The van der Waals surface area contributed by atoms with E-state index in [0.717, 1.165) is 35.0 Å². The Morgan fingerprint density at radius 1 is 1.29 bits per heavy atom. The van der Waals surface area contributed by atoms with Crippen molar-refractivity contribution in [3.63, 3.8) is 0 Å². The highest BCUT2D eigenvalue weighted by Crippen LogP contribution is 2.34. The Kier molecular flexibility index (Phi) is 3.41. The lowest BCUT2D eigenvalue weighted by atomic mass is 9.92. The number of carbonyl (C=O) groups excluding carboxylic acids is 1. The summed E-state index contributed by atoms with van der Waals surface area (Å²) in [5.74, 6) is -0.302. The van der Waals surface area contributed by atoms with Gasteiger partial charge in [0.25, 0.3) is 0 Å². The minimum absolute atomic E-state index is 0.0874. The normalized spacial score (nSPS) is 22.4. The average Bonchev–Trinajstić information content (AvgIpc) is 2.49. The van der Waals surface area contributed by atoms with Crippen molar-refractivity contribution in [2.24, 2.45) is 11.7 Å². The summed E-state index contributed by atoms with van der Waals surface area (Å²) >= 11 is 0. The molecule has 0 aliphatic carbocycles. The van der Waals surface area contributed by atoms with Crippen molar-refractivity contribution in [2.45, 2.75) is 25.8 Å². The molecule has 21 heavy (non-hydrogen) atoms. The van der Waals surface area contributed by atoms with Gasteiger partial charge in [0, 0.05) is 47.1 Å². The number of fused-ring (bicyclic) bond motifs is 1. The van der Waals surface area contributed by atoms with Crippen LogP contribution in [0.2, 0.25) is 0 Å². The summed E-state index contributed by atoms with van der Waals surface area (Å²) in [6, 6.07) is 6.28. The molecular weight excluding hydrogens is 264 g/mol. The Morgan fingerprint density at radius 2 is 2.10 bits per heavy atom. The van der Waals surface area contributed by atoms with Gasteiger partial charge in [0.1, 0.15) is 0 Å². The van der Waals surface area contributed by atoms with Gasteiger partial charge in [-0.2, -0.15) is 0 Å². The number of carbonyl (C=O) groups is 1. The molecule has 0 radical (unpaired) electrons. The second-order valence-electron chi connectivity index (χ2n) is 5.77. The number of nitrogens with two attached hydrogens (primary N) is 2. The molecular formula is C16H20N4O. The van der Waals surface area contributed by atoms with Crippen LogP contribution in [-0.4, -0.2) is 23.5 Å². The lowest BCUT2D eigenvalue weighted by molar-refractivity contribution is -0.122. The predicted molar refractivity (Wildman–Crippen MR) is 84.9 cm³/mol. The SMILES string of the molecule is CC1CCC(C(N)=O)CN1c1ccc(N)c2cnccc12. The van der Waals surface area contributed by atoms with Gasteiger partial charge in [-0.05, 0) is 38.0 Å². The smallest absolute Gasteiger partial charge is 0.222 e. The molecule has 5 nitrogen and oxygen atoms in total. The third kappa shape index (κ3) is 2.39. The minimum Gasteiger partial charge on any atom is -0.398 e. The number of benzene rings is 1. The van der Waals surface area contributed by atoms with Crippen LogP contribution >= 0.6 is 0 Å². The van der Waals surface area contributed by atoms with E-state index in [-0.39, 0.29) is 11.8 Å². The Balaban J connectivity index is 2.06. The summed E-state index contributed by atoms with van der Waals surface area (Å²) in [7, 11) is 0. The zero-order valence-corrected chi connectivity index (χ0v) is 12.1. The van der Waals surface area contributed by atoms with Gasteiger partial charge in [0.05, 0.1) is 5.92 Å². The van der Waals surface area contributed by atoms with Gasteiger partial charge < -0.3 is 16.4 Å². The fourth-order valence-electron chi connectivity index (χ4n) is 3.12. The Hall–Kier alpha value is -2.30. The van der Waals surface area contributed by atoms with Crippen LogP contribution in [0.4, 0.5) is 11.4 Å². The van der Waals surface area contributed by atoms with Crippen molar-refractivity contribution in [1.29, 1.82) is 0 Å². The molecule has 1 amide bonds. The van der Waals surface area contributed by atoms with Gasteiger partial charge >= 0.3 is 0 Å². The number of primary amides is 1. The maximum atomic E-state index is 11.5. The Labute approximate surface area is 123 Å². The first-order chi connectivity index (χ1) is 10.1. The van der Waals surface area contributed by atoms with E-state index in [0.29, 0.717) is 12.6 Å². The first-order valence-electron chi connectivity index (χ1n) is 7.26. The molecule has 0 saturated carbocycles. The average molecular weight is 284 g/mol. The van der Waals surface area contributed by atoms with Crippen LogP contribution in [0.25, 0.3) is 10.8 Å². The van der Waals surface area contributed by atoms with E-state index in [1.807, 2.05) is 18.2 Å². The molecule has 110 valence electrons. The molecule has 3 rings (SSSR count). The number of nitrogens with zero attached hydrogens (tertiary/aromatic N) is 2. The fraction of sp³-hybridized carbons (Fsp3) is 0.375. The standard InChI is InChI=1S/C16H20N4O/c1-10-2-3-11(16(18)21)9-20(10)15-5-4-14(17)13-8-19-7-6-12(13)15/h4-8,10-11H,2-3,9,17H2,1H3,(H2,18,21). The lowest BCUT2D eigenvalue weighted by Gasteiger charge is -2.39. The molecule has 1 aromatic heterocycles. The number of rotatable bonds is 2. The number of pyridine rings is 1. The highest BCUT2D eigenvalue weighted by Gasteiger charge is 2.29. The molecule has 1 aliphatic rings. The van der Waals surface area contributed by atoms with E-state index in [1.165, 1.54) is 0 Å². The molecule has 1 aromatic carbocycles. The molecule has 1 fully saturated rings. The molecule has 2 aromatic rings. The van der Waals surface area contributed by atoms with E-state index in [4.69, 9.17) is 11.5 Å². The van der Waals surface area contributed by atoms with Crippen LogP contribution in [-0.2, 0) is 4.79 Å². The van der Waals surface area contributed by atoms with Crippen molar-refractivity contribution in [2.75, 3.05) is 17.2 Å². The second-order valence-corrected chi connectivity index (χ2v) is 5.77. The molecule has 0 bridgehead atoms. The van der Waals surface area contributed by atoms with E-state index >= 15 is 0 Å². The lowest BCUT2D eigenvalue weighted by Crippen LogP contribution is -2.46. The van der Waals surface area contributed by atoms with Gasteiger partial charge in [-0.15, -0.1) is 0 Å². The topological polar surface area (TPSA) is 85.2 Å². The number of amides is 1. The molecule has 1 saturated heterocycles. The highest BCUT2D eigenvalue weighted by molar-refractivity contribution is 6.01. The van der Waals surface area contributed by atoms with Crippen LogP contribution in [0, 0.1) is 5.92 Å². The summed E-state index contributed by atoms with van der Waals surface area (Å²) < 4.78 is 0. The summed E-state index contributed by atoms with van der Waals surface area (Å²) in [6.45, 7) is 2.85. The highest BCUT2D eigenvalue weighted by atomic mass is 16.1. The van der Waals surface area contributed by atoms with Gasteiger partial charge in [-0.25, -0.2) is 0 Å². The van der Waals surface area contributed by atoms with Crippen LogP contribution in [0.5, 0.6) is 0 Å². The molecule has 2 heterocycles. The van der Waals surface area contributed by atoms with Crippen molar-refractivity contribution in [3.8, 4) is 0 Å². The van der Waals surface area contributed by atoms with Crippen molar-refractivity contribution in [3.05, 3.63) is 30.6 Å². The number of piperidine rings is 1. The Morgan fingerprint density at radius 3 is 2.86 bits per heavy atom. The maximum Gasteiger partial charge on any atom is 0.222 e. The maximum absolute atomic E-state index is 11.5. The Bertz CT molecular complexity index is 685. The van der Waals surface area contributed by atoms with Crippen molar-refractivity contribution in [1.82, 2.24) is 4.98 Å². The van der Waals surface area contributed by atoms with Crippen molar-refractivity contribution < 1.29 is 4.79 Å². The van der Waals surface area contributed by atoms with E-state index in [1.54, 1.807) is 12.4 Å². The number of aromatic nitrogens is 1. The van der Waals surface area contributed by atoms with E-state index < -0.39 is 0 Å². The summed E-state index contributed by atoms with van der Waals surface area (Å²) in [4.78, 5) is 17.9. The van der Waals surface area contributed by atoms with Gasteiger partial charge in [-0.3, -0.25) is 9.78 Å². The summed E-state index contributed by atoms with van der Waals surface area (Å²) in [5.41, 5.74) is 13.3. The predicted octanol–water partition coefficient (Wildman–Crippen LogP) is 1.91. The number of hydrogen-bond donors (Lipinski definition) is 2. The molecule has 0 spiro atoms. The minimum atomic E-state index is -0.215. The second kappa shape index (κ2) is 5.24. The summed E-state index contributed by atoms with van der Waals surface area (Å²) in [5, 5.41) is 2.02. The first kappa shape index (κ1) is 13.7. The van der Waals surface area contributed by atoms with Gasteiger partial charge in [-0.1, -0.05) is 0 Å². The van der Waals surface area contributed by atoms with Gasteiger partial charge in [0.2, 0.25) is 5.91 Å². The van der Waals surface area contributed by atoms with E-state index in [2.05, 4.69) is 16.8 Å². The molecule has 1 aliphatic heterocycles. The molecule has 2 atom stereocenters. The molecule has 2 unspecified atom stereocenters. The van der Waals surface area contributed by atoms with Crippen LogP contribution in [0.1, 0.15) is 19.8 Å². The monoisotopic (exact) mass is 284 g/mol. The van der Waals surface area contributed by atoms with Crippen LogP contribution in [0.15, 0.2) is 30.6 Å². The summed E-state index contributed by atoms with van der Waals surface area (Å²) in [6.07, 6.45) is 5.38. The molecule has 4 N–H and O–H groups in total. The van der Waals surface area contributed by atoms with Crippen LogP contribution in [0.3, 0.4) is 0 Å². The molecule has 5 heteroatoms. The zero-order chi connectivity index (χ0) is 15.0. The zero-order valence-electron chi connectivity index (χ0n) is 12.1. The first-order valence-corrected chi connectivity index (χ1v) is 7.26. The van der Waals surface area contributed by atoms with Gasteiger partial charge in [0.15, 0.2) is 0 Å². The largest absolute Gasteiger partial charge is 0.398 e. The fourth-order valence-corrected chi connectivity index (χ4v) is 3.12. The van der Waals surface area contributed by atoms with Crippen LogP contribution < -0.4 is 16.4 Å².